The molecule has 0 amide bonds. The van der Waals surface area contributed by atoms with Gasteiger partial charge in [-0.05, 0) is 50.6 Å². The highest BCUT2D eigenvalue weighted by Gasteiger charge is 2.42. The van der Waals surface area contributed by atoms with Gasteiger partial charge in [0, 0.05) is 24.5 Å². The first-order valence-corrected chi connectivity index (χ1v) is 6.86. The molecule has 1 aromatic heterocycles. The Morgan fingerprint density at radius 2 is 1.80 bits per heavy atom. The van der Waals surface area contributed by atoms with Crippen LogP contribution >= 0.6 is 0 Å². The van der Waals surface area contributed by atoms with Gasteiger partial charge in [-0.1, -0.05) is 0 Å². The summed E-state index contributed by atoms with van der Waals surface area (Å²) in [7, 11) is 0. The molecular weight excluding hydrogens is 267 g/mol. The zero-order chi connectivity index (χ0) is 14.8. The van der Waals surface area contributed by atoms with Crippen molar-refractivity contribution in [3.8, 4) is 0 Å². The summed E-state index contributed by atoms with van der Waals surface area (Å²) in [5.41, 5.74) is 7.05. The Balaban J connectivity index is 2.07. The smallest absolute Gasteiger partial charge is 0.326 e. The normalized spacial score (nSPS) is 21.6. The van der Waals surface area contributed by atoms with E-state index in [1.165, 1.54) is 0 Å². The molecule has 1 aliphatic heterocycles. The monoisotopic (exact) mass is 287 g/mol. The molecule has 112 valence electrons. The average Bonchev–Trinajstić information content (AvgIpc) is 2.39. The summed E-state index contributed by atoms with van der Waals surface area (Å²) in [5, 5.41) is 0. The van der Waals surface area contributed by atoms with Crippen LogP contribution in [0.4, 0.5) is 13.2 Å². The van der Waals surface area contributed by atoms with Crippen molar-refractivity contribution in [3.63, 3.8) is 0 Å². The summed E-state index contributed by atoms with van der Waals surface area (Å²) in [6.07, 6.45) is -0.400. The second-order valence-electron chi connectivity index (χ2n) is 5.44. The van der Waals surface area contributed by atoms with E-state index >= 15 is 0 Å². The number of nitrogens with two attached hydrogens (primary N) is 1. The molecule has 6 heteroatoms. The maximum absolute atomic E-state index is 12.7. The second kappa shape index (κ2) is 6.10. The summed E-state index contributed by atoms with van der Waals surface area (Å²) in [5.74, 6) is -1.18. The molecule has 0 spiro atoms. The summed E-state index contributed by atoms with van der Waals surface area (Å²) in [6, 6.07) is 3.57. The maximum Gasteiger partial charge on any atom is 0.391 e. The number of hydrogen-bond acceptors (Lipinski definition) is 3. The van der Waals surface area contributed by atoms with Gasteiger partial charge in [0.05, 0.1) is 5.92 Å². The SMILES string of the molecule is CC(N)C(c1ccncc1)N1CCC(C(F)(F)F)CC1. The summed E-state index contributed by atoms with van der Waals surface area (Å²) in [6.45, 7) is 2.75. The zero-order valence-corrected chi connectivity index (χ0v) is 11.5. The van der Waals surface area contributed by atoms with Crippen molar-refractivity contribution in [2.24, 2.45) is 11.7 Å². The highest BCUT2D eigenvalue weighted by molar-refractivity contribution is 5.17. The predicted molar refractivity (Wildman–Crippen MR) is 71.0 cm³/mol. The van der Waals surface area contributed by atoms with Crippen LogP contribution < -0.4 is 5.73 Å². The fourth-order valence-electron chi connectivity index (χ4n) is 2.91. The summed E-state index contributed by atoms with van der Waals surface area (Å²) in [4.78, 5) is 6.03. The lowest BCUT2D eigenvalue weighted by molar-refractivity contribution is -0.186. The Hall–Kier alpha value is -1.14. The van der Waals surface area contributed by atoms with Crippen LogP contribution in [0.1, 0.15) is 31.4 Å². The summed E-state index contributed by atoms with van der Waals surface area (Å²) < 4.78 is 38.1. The number of hydrogen-bond donors (Lipinski definition) is 1. The molecule has 0 saturated carbocycles. The maximum atomic E-state index is 12.7. The van der Waals surface area contributed by atoms with Crippen molar-refractivity contribution < 1.29 is 13.2 Å². The van der Waals surface area contributed by atoms with Gasteiger partial charge in [0.15, 0.2) is 0 Å². The Labute approximate surface area is 117 Å². The molecule has 0 radical (unpaired) electrons. The number of aromatic nitrogens is 1. The van der Waals surface area contributed by atoms with E-state index in [1.54, 1.807) is 12.4 Å². The van der Waals surface area contributed by atoms with Gasteiger partial charge in [-0.2, -0.15) is 13.2 Å². The predicted octanol–water partition coefficient (Wildman–Crippen LogP) is 2.74. The quantitative estimate of drug-likeness (QED) is 0.929. The topological polar surface area (TPSA) is 42.1 Å². The molecule has 1 aromatic rings. The number of likely N-dealkylation sites (tertiary alicyclic amines) is 1. The lowest BCUT2D eigenvalue weighted by atomic mass is 9.92. The third-order valence-electron chi connectivity index (χ3n) is 3.93. The first kappa shape index (κ1) is 15.3. The van der Waals surface area contributed by atoms with Crippen LogP contribution in [0.2, 0.25) is 0 Å². The van der Waals surface area contributed by atoms with Crippen molar-refractivity contribution in [1.82, 2.24) is 9.88 Å². The molecule has 2 atom stereocenters. The molecular formula is C14H20F3N3. The van der Waals surface area contributed by atoms with Crippen LogP contribution in [0.3, 0.4) is 0 Å². The van der Waals surface area contributed by atoms with Gasteiger partial charge in [-0.25, -0.2) is 0 Å². The molecule has 1 saturated heterocycles. The number of halogens is 3. The van der Waals surface area contributed by atoms with Crippen LogP contribution in [-0.4, -0.2) is 35.2 Å². The molecule has 0 bridgehead atoms. The Bertz CT molecular complexity index is 411. The van der Waals surface area contributed by atoms with Crippen LogP contribution in [0.25, 0.3) is 0 Å². The number of alkyl halides is 3. The highest BCUT2D eigenvalue weighted by atomic mass is 19.4. The van der Waals surface area contributed by atoms with Crippen LogP contribution in [0.5, 0.6) is 0 Å². The molecule has 20 heavy (non-hydrogen) atoms. The number of pyridine rings is 1. The third kappa shape index (κ3) is 3.49. The Morgan fingerprint density at radius 3 is 2.25 bits per heavy atom. The van der Waals surface area contributed by atoms with Crippen molar-refractivity contribution >= 4 is 0 Å². The van der Waals surface area contributed by atoms with Crippen LogP contribution in [-0.2, 0) is 0 Å². The highest BCUT2D eigenvalue weighted by Crippen LogP contribution is 2.36. The third-order valence-corrected chi connectivity index (χ3v) is 3.93. The van der Waals surface area contributed by atoms with E-state index in [4.69, 9.17) is 5.73 Å². The molecule has 2 N–H and O–H groups in total. The van der Waals surface area contributed by atoms with Crippen molar-refractivity contribution in [2.45, 2.75) is 38.0 Å². The van der Waals surface area contributed by atoms with E-state index < -0.39 is 12.1 Å². The summed E-state index contributed by atoms with van der Waals surface area (Å²) >= 11 is 0. The molecule has 2 unspecified atom stereocenters. The minimum Gasteiger partial charge on any atom is -0.326 e. The van der Waals surface area contributed by atoms with Crippen molar-refractivity contribution in [2.75, 3.05) is 13.1 Å². The number of nitrogens with zero attached hydrogens (tertiary/aromatic N) is 2. The minimum absolute atomic E-state index is 0.0489. The van der Waals surface area contributed by atoms with Gasteiger partial charge in [0.1, 0.15) is 0 Å². The Kier molecular flexibility index (Phi) is 4.65. The minimum atomic E-state index is -4.08. The largest absolute Gasteiger partial charge is 0.391 e. The van der Waals surface area contributed by atoms with E-state index in [1.807, 2.05) is 19.1 Å². The van der Waals surface area contributed by atoms with Crippen LogP contribution in [0, 0.1) is 5.92 Å². The standard InChI is InChI=1S/C14H20F3N3/c1-10(18)13(11-2-6-19-7-3-11)20-8-4-12(5-9-20)14(15,16)17/h2-3,6-7,10,12-13H,4-5,8-9,18H2,1H3. The molecule has 1 fully saturated rings. The van der Waals surface area contributed by atoms with Gasteiger partial charge in [0.25, 0.3) is 0 Å². The molecule has 1 aliphatic rings. The van der Waals surface area contributed by atoms with Crippen LogP contribution in [0.15, 0.2) is 24.5 Å². The van der Waals surface area contributed by atoms with E-state index in [0.29, 0.717) is 13.1 Å². The lowest BCUT2D eigenvalue weighted by Gasteiger charge is -2.39. The van der Waals surface area contributed by atoms with Gasteiger partial charge >= 0.3 is 6.18 Å². The van der Waals surface area contributed by atoms with E-state index in [2.05, 4.69) is 9.88 Å². The van der Waals surface area contributed by atoms with E-state index in [-0.39, 0.29) is 24.9 Å². The zero-order valence-electron chi connectivity index (χ0n) is 11.5. The molecule has 2 heterocycles. The average molecular weight is 287 g/mol. The Morgan fingerprint density at radius 1 is 1.25 bits per heavy atom. The molecule has 0 aliphatic carbocycles. The van der Waals surface area contributed by atoms with Gasteiger partial charge in [-0.3, -0.25) is 9.88 Å². The fourth-order valence-corrected chi connectivity index (χ4v) is 2.91. The van der Waals surface area contributed by atoms with Gasteiger partial charge in [-0.15, -0.1) is 0 Å². The number of piperidine rings is 1. The lowest BCUT2D eigenvalue weighted by Crippen LogP contribution is -2.45. The van der Waals surface area contributed by atoms with E-state index in [9.17, 15) is 13.2 Å². The van der Waals surface area contributed by atoms with Crippen molar-refractivity contribution in [3.05, 3.63) is 30.1 Å². The first-order chi connectivity index (χ1) is 9.39. The molecule has 2 rings (SSSR count). The second-order valence-corrected chi connectivity index (χ2v) is 5.44. The first-order valence-electron chi connectivity index (χ1n) is 6.86. The number of rotatable bonds is 3. The fraction of sp³-hybridized carbons (Fsp3) is 0.643. The van der Waals surface area contributed by atoms with Gasteiger partial charge < -0.3 is 5.73 Å². The van der Waals surface area contributed by atoms with E-state index in [0.717, 1.165) is 5.56 Å². The molecule has 0 aromatic carbocycles. The van der Waals surface area contributed by atoms with Crippen molar-refractivity contribution in [1.29, 1.82) is 0 Å². The molecule has 3 nitrogen and oxygen atoms in total. The van der Waals surface area contributed by atoms with Gasteiger partial charge in [0.2, 0.25) is 0 Å².